The number of pyridine rings is 1. The van der Waals surface area contributed by atoms with Crippen molar-refractivity contribution in [3.05, 3.63) is 41.3 Å². The minimum atomic E-state index is -0.942. The van der Waals surface area contributed by atoms with E-state index < -0.39 is 11.5 Å². The Morgan fingerprint density at radius 2 is 1.95 bits per heavy atom. The number of aryl methyl sites for hydroxylation is 1. The predicted octanol–water partition coefficient (Wildman–Crippen LogP) is 2.31. The number of hydrogen-bond donors (Lipinski definition) is 3. The monoisotopic (exact) mass is 522 g/mol. The molecule has 4 N–H and O–H groups in total. The maximum absolute atomic E-state index is 13.2. The average Bonchev–Trinajstić information content (AvgIpc) is 3.42. The number of carbonyl (C=O) groups excluding carboxylic acids is 2. The third-order valence-electron chi connectivity index (χ3n) is 7.82. The quantitative estimate of drug-likeness (QED) is 0.391. The van der Waals surface area contributed by atoms with Gasteiger partial charge in [-0.25, -0.2) is 4.52 Å². The van der Waals surface area contributed by atoms with Crippen LogP contribution in [0.15, 0.2) is 24.5 Å². The molecule has 3 aliphatic rings. The highest BCUT2D eigenvalue weighted by molar-refractivity contribution is 6.01. The summed E-state index contributed by atoms with van der Waals surface area (Å²) < 4.78 is 15.2. The predicted molar refractivity (Wildman–Crippen MR) is 137 cm³/mol. The number of rotatable bonds is 9. The van der Waals surface area contributed by atoms with Gasteiger partial charge in [0.05, 0.1) is 28.6 Å². The highest BCUT2D eigenvalue weighted by Crippen LogP contribution is 2.57. The van der Waals surface area contributed by atoms with Gasteiger partial charge >= 0.3 is 0 Å². The van der Waals surface area contributed by atoms with E-state index in [0.29, 0.717) is 22.8 Å². The number of nitrogens with one attached hydrogen (secondary N) is 1. The molecule has 3 fully saturated rings. The lowest BCUT2D eigenvalue weighted by molar-refractivity contribution is -0.0849. The summed E-state index contributed by atoms with van der Waals surface area (Å²) in [6.07, 6.45) is 8.81. The number of aromatic nitrogens is 4. The standard InChI is InChI=1S/C27H34N6O5/c1-26(2,36)14-37-21-7-6-20-18(12-29-33(20)22(21)15-4-5-15)24(35)30-16-8-27(9-16)10-17(11-27)38-25-19(23(28)34)13-32(3)31-25/h6-7,12-13,15-17,36H,4-5,8-11,14H2,1-3H3,(H2,28,34)(H,30,35). The number of nitrogens with two attached hydrogens (primary N) is 1. The summed E-state index contributed by atoms with van der Waals surface area (Å²) in [7, 11) is 1.72. The van der Waals surface area contributed by atoms with E-state index in [4.69, 9.17) is 15.2 Å². The summed E-state index contributed by atoms with van der Waals surface area (Å²) in [6, 6.07) is 3.85. The molecular weight excluding hydrogens is 488 g/mol. The van der Waals surface area contributed by atoms with Crippen molar-refractivity contribution in [2.24, 2.45) is 18.2 Å². The molecule has 1 spiro atoms. The van der Waals surface area contributed by atoms with Gasteiger partial charge in [-0.1, -0.05) is 0 Å². The fourth-order valence-corrected chi connectivity index (χ4v) is 5.89. The summed E-state index contributed by atoms with van der Waals surface area (Å²) in [5.74, 6) is 0.656. The molecule has 0 bridgehead atoms. The van der Waals surface area contributed by atoms with E-state index in [1.54, 1.807) is 33.3 Å². The molecule has 0 saturated heterocycles. The van der Waals surface area contributed by atoms with Gasteiger partial charge in [0.2, 0.25) is 5.88 Å². The van der Waals surface area contributed by atoms with Crippen LogP contribution in [0.5, 0.6) is 11.6 Å². The Bertz CT molecular complexity index is 1400. The van der Waals surface area contributed by atoms with Gasteiger partial charge in [-0.2, -0.15) is 5.10 Å². The second-order valence-corrected chi connectivity index (χ2v) is 11.9. The number of ether oxygens (including phenoxy) is 2. The Kier molecular flexibility index (Phi) is 5.67. The van der Waals surface area contributed by atoms with E-state index in [9.17, 15) is 14.7 Å². The molecule has 3 aromatic heterocycles. The Balaban J connectivity index is 1.07. The number of aliphatic hydroxyl groups is 1. The molecule has 0 atom stereocenters. The van der Waals surface area contributed by atoms with Gasteiger partial charge in [0.25, 0.3) is 11.8 Å². The lowest BCUT2D eigenvalue weighted by Crippen LogP contribution is -2.58. The van der Waals surface area contributed by atoms with E-state index in [0.717, 1.165) is 49.7 Å². The third kappa shape index (κ3) is 4.59. The fourth-order valence-electron chi connectivity index (χ4n) is 5.89. The topological polar surface area (TPSA) is 146 Å². The molecule has 2 amide bonds. The first-order valence-corrected chi connectivity index (χ1v) is 13.2. The van der Waals surface area contributed by atoms with Gasteiger partial charge in [0.1, 0.15) is 24.0 Å². The molecule has 0 unspecified atom stereocenters. The first-order chi connectivity index (χ1) is 18.0. The average molecular weight is 523 g/mol. The van der Waals surface area contributed by atoms with Crippen LogP contribution in [0.3, 0.4) is 0 Å². The van der Waals surface area contributed by atoms with Crippen molar-refractivity contribution in [2.75, 3.05) is 6.61 Å². The van der Waals surface area contributed by atoms with Gasteiger partial charge in [-0.05, 0) is 69.9 Å². The zero-order valence-corrected chi connectivity index (χ0v) is 21.9. The Morgan fingerprint density at radius 3 is 2.61 bits per heavy atom. The summed E-state index contributed by atoms with van der Waals surface area (Å²) in [5.41, 5.74) is 7.20. The SMILES string of the molecule is Cn1cc(C(N)=O)c(OC2CC3(CC(NC(=O)c4cnn5c(C6CC6)c(OCC(C)(C)O)ccc45)C3)C2)n1. The minimum absolute atomic E-state index is 0.00654. The second kappa shape index (κ2) is 8.72. The lowest BCUT2D eigenvalue weighted by Gasteiger charge is -2.57. The molecule has 0 radical (unpaired) electrons. The van der Waals surface area contributed by atoms with E-state index in [2.05, 4.69) is 15.5 Å². The zero-order chi connectivity index (χ0) is 26.8. The van der Waals surface area contributed by atoms with Crippen LogP contribution in [0, 0.1) is 5.41 Å². The summed E-state index contributed by atoms with van der Waals surface area (Å²) in [5, 5.41) is 22.0. The molecule has 3 saturated carbocycles. The maximum atomic E-state index is 13.2. The van der Waals surface area contributed by atoms with Crippen LogP contribution in [0.1, 0.15) is 84.7 Å². The second-order valence-electron chi connectivity index (χ2n) is 11.9. The van der Waals surface area contributed by atoms with Gasteiger partial charge in [-0.15, -0.1) is 5.10 Å². The first-order valence-electron chi connectivity index (χ1n) is 13.2. The number of nitrogens with zero attached hydrogens (tertiary/aromatic N) is 4. The van der Waals surface area contributed by atoms with Gasteiger partial charge in [-0.3, -0.25) is 14.3 Å². The highest BCUT2D eigenvalue weighted by Gasteiger charge is 2.54. The van der Waals surface area contributed by atoms with Gasteiger partial charge < -0.3 is 25.6 Å². The van der Waals surface area contributed by atoms with Crippen molar-refractivity contribution in [2.45, 2.75) is 76.0 Å². The smallest absolute Gasteiger partial charge is 0.255 e. The largest absolute Gasteiger partial charge is 0.489 e. The molecule has 3 aromatic rings. The number of primary amides is 1. The number of carbonyl (C=O) groups is 2. The summed E-state index contributed by atoms with van der Waals surface area (Å²) in [6.45, 7) is 3.59. The normalized spacial score (nSPS) is 24.6. The van der Waals surface area contributed by atoms with E-state index in [-0.39, 0.29) is 36.0 Å². The number of fused-ring (bicyclic) bond motifs is 1. The van der Waals surface area contributed by atoms with Crippen LogP contribution >= 0.6 is 0 Å². The fraction of sp³-hybridized carbons (Fsp3) is 0.556. The van der Waals surface area contributed by atoms with Crippen molar-refractivity contribution < 1.29 is 24.2 Å². The van der Waals surface area contributed by atoms with Crippen LogP contribution in [-0.2, 0) is 7.05 Å². The van der Waals surface area contributed by atoms with Crippen LogP contribution in [0.4, 0.5) is 0 Å². The van der Waals surface area contributed by atoms with Crippen LogP contribution in [-0.4, -0.2) is 60.7 Å². The van der Waals surface area contributed by atoms with Crippen molar-refractivity contribution >= 4 is 17.3 Å². The molecule has 0 aromatic carbocycles. The molecule has 11 nitrogen and oxygen atoms in total. The van der Waals surface area contributed by atoms with Crippen molar-refractivity contribution in [1.29, 1.82) is 0 Å². The molecule has 3 heterocycles. The molecule has 202 valence electrons. The van der Waals surface area contributed by atoms with Crippen molar-refractivity contribution in [3.63, 3.8) is 0 Å². The molecule has 11 heteroatoms. The van der Waals surface area contributed by atoms with Crippen LogP contribution in [0.25, 0.3) is 5.52 Å². The van der Waals surface area contributed by atoms with Crippen molar-refractivity contribution in [3.8, 4) is 11.6 Å². The Morgan fingerprint density at radius 1 is 1.21 bits per heavy atom. The summed E-state index contributed by atoms with van der Waals surface area (Å²) in [4.78, 5) is 24.8. The first kappa shape index (κ1) is 24.7. The van der Waals surface area contributed by atoms with Gasteiger partial charge in [0.15, 0.2) is 0 Å². The Labute approximate surface area is 220 Å². The lowest BCUT2D eigenvalue weighted by atomic mass is 9.53. The minimum Gasteiger partial charge on any atom is -0.489 e. The number of hydrogen-bond acceptors (Lipinski definition) is 7. The van der Waals surface area contributed by atoms with Crippen molar-refractivity contribution in [1.82, 2.24) is 24.7 Å². The zero-order valence-electron chi connectivity index (χ0n) is 21.9. The third-order valence-corrected chi connectivity index (χ3v) is 7.82. The molecule has 3 aliphatic carbocycles. The molecular formula is C27H34N6O5. The molecule has 38 heavy (non-hydrogen) atoms. The van der Waals surface area contributed by atoms with E-state index in [1.165, 1.54) is 4.68 Å². The highest BCUT2D eigenvalue weighted by atomic mass is 16.5. The van der Waals surface area contributed by atoms with Crippen LogP contribution < -0.4 is 20.5 Å². The Hall–Kier alpha value is -3.60. The molecule has 6 rings (SSSR count). The van der Waals surface area contributed by atoms with E-state index >= 15 is 0 Å². The molecule has 0 aliphatic heterocycles. The van der Waals surface area contributed by atoms with Crippen LogP contribution in [0.2, 0.25) is 0 Å². The number of amides is 2. The van der Waals surface area contributed by atoms with E-state index in [1.807, 2.05) is 16.6 Å². The van der Waals surface area contributed by atoms with Gasteiger partial charge in [0, 0.05) is 25.2 Å². The maximum Gasteiger partial charge on any atom is 0.255 e. The summed E-state index contributed by atoms with van der Waals surface area (Å²) >= 11 is 0.